The van der Waals surface area contributed by atoms with Crippen LogP contribution in [0.4, 0.5) is 0 Å². The van der Waals surface area contributed by atoms with E-state index in [9.17, 15) is 9.90 Å². The molecule has 0 bridgehead atoms. The van der Waals surface area contributed by atoms with Crippen molar-refractivity contribution in [3.05, 3.63) is 64.8 Å². The SMILES string of the molecule is COC1=C(O)C(C=CC(=O)c2ccccc2OC)=C(OC)C(OC)(OC)C1OC. The minimum Gasteiger partial charge on any atom is -0.504 e. The van der Waals surface area contributed by atoms with E-state index < -0.39 is 11.9 Å². The van der Waals surface area contributed by atoms with Crippen molar-refractivity contribution < 1.29 is 38.3 Å². The standard InChI is InChI=1S/C21H26O8/c1-24-16-10-8-7-9-13(16)15(22)12-11-14-17(23)18(25-2)20(27-4)21(28-5,29-6)19(14)26-3/h7-12,20,23H,1-6H3. The molecule has 1 unspecified atom stereocenters. The predicted octanol–water partition coefficient (Wildman–Crippen LogP) is 2.77. The third-order valence-electron chi connectivity index (χ3n) is 4.67. The normalized spacial score (nSPS) is 18.9. The Bertz CT molecular complexity index is 833. The van der Waals surface area contributed by atoms with E-state index in [1.807, 2.05) is 0 Å². The van der Waals surface area contributed by atoms with Crippen molar-refractivity contribution in [3.8, 4) is 5.75 Å². The first-order valence-corrected chi connectivity index (χ1v) is 8.70. The quantitative estimate of drug-likeness (QED) is 0.380. The number of aliphatic hydroxyl groups excluding tert-OH is 1. The zero-order valence-corrected chi connectivity index (χ0v) is 17.3. The molecule has 1 aliphatic rings. The van der Waals surface area contributed by atoms with Crippen LogP contribution in [0.5, 0.6) is 5.75 Å². The Labute approximate surface area is 169 Å². The molecule has 1 atom stereocenters. The van der Waals surface area contributed by atoms with E-state index in [4.69, 9.17) is 28.4 Å². The van der Waals surface area contributed by atoms with Gasteiger partial charge in [-0.05, 0) is 24.3 Å². The van der Waals surface area contributed by atoms with Gasteiger partial charge in [-0.15, -0.1) is 0 Å². The van der Waals surface area contributed by atoms with Crippen molar-refractivity contribution in [1.29, 1.82) is 0 Å². The first-order valence-electron chi connectivity index (χ1n) is 8.70. The summed E-state index contributed by atoms with van der Waals surface area (Å²) in [7, 11) is 8.50. The van der Waals surface area contributed by atoms with E-state index in [-0.39, 0.29) is 28.6 Å². The van der Waals surface area contributed by atoms with Gasteiger partial charge >= 0.3 is 0 Å². The second-order valence-corrected chi connectivity index (χ2v) is 5.95. The van der Waals surface area contributed by atoms with E-state index in [1.54, 1.807) is 24.3 Å². The van der Waals surface area contributed by atoms with Crippen molar-refractivity contribution in [2.24, 2.45) is 0 Å². The lowest BCUT2D eigenvalue weighted by Gasteiger charge is -2.41. The molecule has 2 rings (SSSR count). The third-order valence-corrected chi connectivity index (χ3v) is 4.67. The summed E-state index contributed by atoms with van der Waals surface area (Å²) in [5, 5.41) is 10.8. The zero-order valence-electron chi connectivity index (χ0n) is 17.3. The fraction of sp³-hybridized carbons (Fsp3) is 0.381. The fourth-order valence-electron chi connectivity index (χ4n) is 3.30. The first kappa shape index (κ1) is 22.5. The van der Waals surface area contributed by atoms with Gasteiger partial charge in [0.15, 0.2) is 29.2 Å². The Kier molecular flexibility index (Phi) is 7.44. The maximum absolute atomic E-state index is 12.7. The van der Waals surface area contributed by atoms with E-state index in [0.29, 0.717) is 11.3 Å². The van der Waals surface area contributed by atoms with Crippen molar-refractivity contribution in [3.63, 3.8) is 0 Å². The molecule has 0 saturated carbocycles. The third kappa shape index (κ3) is 3.87. The van der Waals surface area contributed by atoms with Crippen LogP contribution in [-0.4, -0.2) is 65.4 Å². The van der Waals surface area contributed by atoms with Gasteiger partial charge in [0.25, 0.3) is 5.79 Å². The largest absolute Gasteiger partial charge is 0.504 e. The van der Waals surface area contributed by atoms with Gasteiger partial charge in [0.2, 0.25) is 0 Å². The van der Waals surface area contributed by atoms with Crippen LogP contribution in [0.15, 0.2) is 59.3 Å². The molecule has 0 aliphatic heterocycles. The molecular weight excluding hydrogens is 380 g/mol. The molecule has 8 nitrogen and oxygen atoms in total. The van der Waals surface area contributed by atoms with Gasteiger partial charge < -0.3 is 33.5 Å². The molecule has 0 heterocycles. The number of rotatable bonds is 9. The predicted molar refractivity (Wildman–Crippen MR) is 105 cm³/mol. The number of ether oxygens (including phenoxy) is 6. The van der Waals surface area contributed by atoms with E-state index in [2.05, 4.69) is 0 Å². The summed E-state index contributed by atoms with van der Waals surface area (Å²) in [6.07, 6.45) is 1.75. The van der Waals surface area contributed by atoms with E-state index in [1.165, 1.54) is 54.8 Å². The van der Waals surface area contributed by atoms with Gasteiger partial charge in [-0.2, -0.15) is 0 Å². The monoisotopic (exact) mass is 406 g/mol. The van der Waals surface area contributed by atoms with Crippen LogP contribution in [0.2, 0.25) is 0 Å². The number of hydrogen-bond donors (Lipinski definition) is 1. The lowest BCUT2D eigenvalue weighted by molar-refractivity contribution is -0.257. The molecular formula is C21H26O8. The van der Waals surface area contributed by atoms with Gasteiger partial charge in [0, 0.05) is 21.3 Å². The number of hydrogen-bond acceptors (Lipinski definition) is 8. The molecule has 0 spiro atoms. The Hall–Kier alpha value is -2.81. The van der Waals surface area contributed by atoms with E-state index in [0.717, 1.165) is 0 Å². The summed E-state index contributed by atoms with van der Waals surface area (Å²) in [6.45, 7) is 0. The highest BCUT2D eigenvalue weighted by Crippen LogP contribution is 2.42. The summed E-state index contributed by atoms with van der Waals surface area (Å²) in [4.78, 5) is 12.7. The van der Waals surface area contributed by atoms with Crippen molar-refractivity contribution >= 4 is 5.78 Å². The number of carbonyl (C=O) groups excluding carboxylic acids is 1. The van der Waals surface area contributed by atoms with Crippen LogP contribution in [0, 0.1) is 0 Å². The fourth-order valence-corrected chi connectivity index (χ4v) is 3.30. The first-order chi connectivity index (χ1) is 13.9. The lowest BCUT2D eigenvalue weighted by atomic mass is 9.91. The molecule has 1 N–H and O–H groups in total. The Morgan fingerprint density at radius 2 is 1.66 bits per heavy atom. The Morgan fingerprint density at radius 1 is 1.00 bits per heavy atom. The topological polar surface area (TPSA) is 92.7 Å². The van der Waals surface area contributed by atoms with Crippen LogP contribution < -0.4 is 4.74 Å². The number of aliphatic hydroxyl groups is 1. The Balaban J connectivity index is 2.60. The Morgan fingerprint density at radius 3 is 2.17 bits per heavy atom. The minimum atomic E-state index is -1.53. The molecule has 29 heavy (non-hydrogen) atoms. The molecule has 0 saturated heterocycles. The van der Waals surface area contributed by atoms with Crippen molar-refractivity contribution in [2.45, 2.75) is 11.9 Å². The maximum atomic E-state index is 12.7. The van der Waals surface area contributed by atoms with Crippen LogP contribution in [0.1, 0.15) is 10.4 Å². The van der Waals surface area contributed by atoms with Gasteiger partial charge in [0.1, 0.15) is 5.75 Å². The summed E-state index contributed by atoms with van der Waals surface area (Å²) < 4.78 is 32.7. The molecule has 158 valence electrons. The average molecular weight is 406 g/mol. The molecule has 8 heteroatoms. The van der Waals surface area contributed by atoms with Crippen LogP contribution in [0.25, 0.3) is 0 Å². The summed E-state index contributed by atoms with van der Waals surface area (Å²) in [6, 6.07) is 6.83. The number of benzene rings is 1. The van der Waals surface area contributed by atoms with Crippen LogP contribution >= 0.6 is 0 Å². The second kappa shape index (κ2) is 9.60. The molecule has 0 radical (unpaired) electrons. The molecule has 1 aromatic carbocycles. The smallest absolute Gasteiger partial charge is 0.262 e. The van der Waals surface area contributed by atoms with Gasteiger partial charge in [0.05, 0.1) is 32.5 Å². The minimum absolute atomic E-state index is 0.0707. The zero-order chi connectivity index (χ0) is 21.6. The van der Waals surface area contributed by atoms with Gasteiger partial charge in [-0.25, -0.2) is 0 Å². The summed E-state index contributed by atoms with van der Waals surface area (Å²) >= 11 is 0. The highest BCUT2D eigenvalue weighted by molar-refractivity contribution is 6.06. The summed E-state index contributed by atoms with van der Waals surface area (Å²) in [5.74, 6) is -1.49. The lowest BCUT2D eigenvalue weighted by Crippen LogP contribution is -2.53. The number of ketones is 1. The number of carbonyl (C=O) groups is 1. The van der Waals surface area contributed by atoms with Gasteiger partial charge in [-0.1, -0.05) is 12.1 Å². The highest BCUT2D eigenvalue weighted by Gasteiger charge is 2.54. The molecule has 0 amide bonds. The maximum Gasteiger partial charge on any atom is 0.262 e. The highest BCUT2D eigenvalue weighted by atomic mass is 16.7. The molecule has 0 aromatic heterocycles. The van der Waals surface area contributed by atoms with Crippen LogP contribution in [-0.2, 0) is 23.7 Å². The van der Waals surface area contributed by atoms with Crippen molar-refractivity contribution in [2.75, 3.05) is 42.7 Å². The molecule has 1 aliphatic carbocycles. The van der Waals surface area contributed by atoms with E-state index >= 15 is 0 Å². The molecule has 1 aromatic rings. The molecule has 0 fully saturated rings. The number of para-hydroxylation sites is 1. The average Bonchev–Trinajstić information content (AvgIpc) is 2.76. The van der Waals surface area contributed by atoms with Crippen LogP contribution in [0.3, 0.4) is 0 Å². The number of methoxy groups -OCH3 is 6. The second-order valence-electron chi connectivity index (χ2n) is 5.95. The van der Waals surface area contributed by atoms with Gasteiger partial charge in [-0.3, -0.25) is 4.79 Å². The number of allylic oxidation sites excluding steroid dienone is 2. The summed E-state index contributed by atoms with van der Waals surface area (Å²) in [5.41, 5.74) is 0.529. The van der Waals surface area contributed by atoms with Crippen molar-refractivity contribution in [1.82, 2.24) is 0 Å².